The summed E-state index contributed by atoms with van der Waals surface area (Å²) in [6.45, 7) is 14.1. The Bertz CT molecular complexity index is 1130. The minimum absolute atomic E-state index is 0.0608. The fourth-order valence-electron chi connectivity index (χ4n) is 4.11. The fraction of sp³-hybridized carbons (Fsp3) is 0.379. The number of hydrogen-bond donors (Lipinski definition) is 5. The molecule has 0 saturated heterocycles. The number of phenols is 5. The highest BCUT2D eigenvalue weighted by atomic mass is 16.3. The molecule has 5 N–H and O–H groups in total. The molecular weight excluding hydrogens is 428 g/mol. The molecular formula is C29H36O5. The first-order valence-electron chi connectivity index (χ1n) is 11.5. The Morgan fingerprint density at radius 1 is 0.500 bits per heavy atom. The summed E-state index contributed by atoms with van der Waals surface area (Å²) in [5, 5.41) is 52.7. The van der Waals surface area contributed by atoms with Gasteiger partial charge in [-0.25, -0.2) is 0 Å². The molecule has 0 amide bonds. The molecule has 0 fully saturated rings. The van der Waals surface area contributed by atoms with Crippen LogP contribution in [0.2, 0.25) is 0 Å². The molecule has 0 aliphatic carbocycles. The van der Waals surface area contributed by atoms with Crippen molar-refractivity contribution < 1.29 is 25.5 Å². The van der Waals surface area contributed by atoms with Crippen LogP contribution in [0.1, 0.15) is 80.5 Å². The van der Waals surface area contributed by atoms with Crippen LogP contribution in [0.4, 0.5) is 0 Å². The molecule has 0 radical (unpaired) electrons. The molecule has 0 unspecified atom stereocenters. The van der Waals surface area contributed by atoms with Gasteiger partial charge in [0.1, 0.15) is 5.75 Å². The van der Waals surface area contributed by atoms with E-state index < -0.39 is 0 Å². The summed E-state index contributed by atoms with van der Waals surface area (Å²) >= 11 is 0. The predicted molar refractivity (Wildman–Crippen MR) is 135 cm³/mol. The third kappa shape index (κ3) is 5.24. The van der Waals surface area contributed by atoms with Gasteiger partial charge in [0, 0.05) is 24.0 Å². The van der Waals surface area contributed by atoms with Crippen molar-refractivity contribution in [1.29, 1.82) is 0 Å². The average Bonchev–Trinajstić information content (AvgIpc) is 2.70. The first-order chi connectivity index (χ1) is 15.6. The molecule has 182 valence electrons. The maximum atomic E-state index is 11.1. The summed E-state index contributed by atoms with van der Waals surface area (Å²) in [5.41, 5.74) is 4.47. The van der Waals surface area contributed by atoms with Gasteiger partial charge in [-0.3, -0.25) is 0 Å². The second kappa shape index (κ2) is 8.79. The minimum atomic E-state index is -0.225. The lowest BCUT2D eigenvalue weighted by Gasteiger charge is -2.22. The molecule has 0 aliphatic heterocycles. The van der Waals surface area contributed by atoms with E-state index in [4.69, 9.17) is 0 Å². The standard InChI is InChI=1S/C29H36O5/c1-16-8-17(10-19-12-21(28(2,3)4)14-23(30)26(19)33)25(32)18(9-16)11-20-13-22(29(5,6)7)15-24(31)27(20)34/h8-9,12-15,30-34H,10-11H2,1-7H3. The van der Waals surface area contributed by atoms with E-state index in [1.165, 1.54) is 0 Å². The Morgan fingerprint density at radius 3 is 1.15 bits per heavy atom. The summed E-state index contributed by atoms with van der Waals surface area (Å²) < 4.78 is 0. The van der Waals surface area contributed by atoms with Crippen LogP contribution < -0.4 is 0 Å². The quantitative estimate of drug-likeness (QED) is 0.292. The van der Waals surface area contributed by atoms with E-state index in [-0.39, 0.29) is 52.4 Å². The van der Waals surface area contributed by atoms with Crippen molar-refractivity contribution >= 4 is 0 Å². The second-order valence-electron chi connectivity index (χ2n) is 11.3. The molecule has 5 nitrogen and oxygen atoms in total. The van der Waals surface area contributed by atoms with Crippen molar-refractivity contribution in [1.82, 2.24) is 0 Å². The number of aryl methyl sites for hydroxylation is 1. The lowest BCUT2D eigenvalue weighted by Crippen LogP contribution is -2.12. The average molecular weight is 465 g/mol. The van der Waals surface area contributed by atoms with Gasteiger partial charge < -0.3 is 25.5 Å². The Hall–Kier alpha value is -3.34. The van der Waals surface area contributed by atoms with Gasteiger partial charge in [-0.15, -0.1) is 0 Å². The summed E-state index contributed by atoms with van der Waals surface area (Å²) in [5.74, 6) is -0.708. The number of aromatic hydroxyl groups is 5. The van der Waals surface area contributed by atoms with Crippen LogP contribution in [-0.2, 0) is 23.7 Å². The van der Waals surface area contributed by atoms with Gasteiger partial charge in [0.05, 0.1) is 0 Å². The van der Waals surface area contributed by atoms with E-state index >= 15 is 0 Å². The maximum Gasteiger partial charge on any atom is 0.161 e. The number of benzene rings is 3. The van der Waals surface area contributed by atoms with Gasteiger partial charge in [0.15, 0.2) is 23.0 Å². The third-order valence-corrected chi connectivity index (χ3v) is 6.24. The van der Waals surface area contributed by atoms with Crippen molar-refractivity contribution in [2.24, 2.45) is 0 Å². The van der Waals surface area contributed by atoms with Crippen molar-refractivity contribution in [3.05, 3.63) is 75.3 Å². The Morgan fingerprint density at radius 2 is 0.824 bits per heavy atom. The highest BCUT2D eigenvalue weighted by molar-refractivity contribution is 5.56. The van der Waals surface area contributed by atoms with Crippen LogP contribution in [0.15, 0.2) is 36.4 Å². The monoisotopic (exact) mass is 464 g/mol. The Balaban J connectivity index is 2.06. The molecule has 0 saturated carbocycles. The van der Waals surface area contributed by atoms with Gasteiger partial charge in [-0.05, 0) is 52.1 Å². The lowest BCUT2D eigenvalue weighted by atomic mass is 9.84. The van der Waals surface area contributed by atoms with Crippen LogP contribution >= 0.6 is 0 Å². The zero-order valence-electron chi connectivity index (χ0n) is 21.1. The van der Waals surface area contributed by atoms with Crippen molar-refractivity contribution in [3.8, 4) is 28.7 Å². The summed E-state index contributed by atoms with van der Waals surface area (Å²) in [7, 11) is 0. The molecule has 0 atom stereocenters. The van der Waals surface area contributed by atoms with Gasteiger partial charge >= 0.3 is 0 Å². The van der Waals surface area contributed by atoms with Crippen LogP contribution in [0.25, 0.3) is 0 Å². The Kier molecular flexibility index (Phi) is 6.53. The third-order valence-electron chi connectivity index (χ3n) is 6.24. The first-order valence-corrected chi connectivity index (χ1v) is 11.5. The zero-order valence-corrected chi connectivity index (χ0v) is 21.1. The van der Waals surface area contributed by atoms with Crippen molar-refractivity contribution in [3.63, 3.8) is 0 Å². The normalized spacial score (nSPS) is 12.2. The van der Waals surface area contributed by atoms with Crippen molar-refractivity contribution in [2.45, 2.75) is 72.1 Å². The molecule has 3 aromatic carbocycles. The highest BCUT2D eigenvalue weighted by Gasteiger charge is 2.22. The molecule has 3 rings (SSSR count). The van der Waals surface area contributed by atoms with Gasteiger partial charge in [0.25, 0.3) is 0 Å². The van der Waals surface area contributed by atoms with E-state index in [9.17, 15) is 25.5 Å². The van der Waals surface area contributed by atoms with Gasteiger partial charge in [-0.2, -0.15) is 0 Å². The molecule has 0 aromatic heterocycles. The van der Waals surface area contributed by atoms with Crippen LogP contribution in [0.3, 0.4) is 0 Å². The van der Waals surface area contributed by atoms with Gasteiger partial charge in [-0.1, -0.05) is 71.4 Å². The summed E-state index contributed by atoms with van der Waals surface area (Å²) in [4.78, 5) is 0. The van der Waals surface area contributed by atoms with E-state index in [2.05, 4.69) is 0 Å². The van der Waals surface area contributed by atoms with Gasteiger partial charge in [0.2, 0.25) is 0 Å². The predicted octanol–water partition coefficient (Wildman–Crippen LogP) is 6.30. The van der Waals surface area contributed by atoms with E-state index in [1.807, 2.05) is 72.7 Å². The number of rotatable bonds is 4. The number of phenolic OH excluding ortho intramolecular Hbond substituents is 5. The van der Waals surface area contributed by atoms with E-state index in [0.29, 0.717) is 22.3 Å². The SMILES string of the molecule is Cc1cc(Cc2cc(C(C)(C)C)cc(O)c2O)c(O)c(Cc2cc(C(C)(C)C)cc(O)c2O)c1. The lowest BCUT2D eigenvalue weighted by molar-refractivity contribution is 0.396. The number of hydrogen-bond acceptors (Lipinski definition) is 5. The van der Waals surface area contributed by atoms with Crippen LogP contribution in [-0.4, -0.2) is 25.5 Å². The van der Waals surface area contributed by atoms with Crippen LogP contribution in [0.5, 0.6) is 28.7 Å². The first kappa shape index (κ1) is 25.3. The molecule has 5 heteroatoms. The maximum absolute atomic E-state index is 11.1. The highest BCUT2D eigenvalue weighted by Crippen LogP contribution is 2.40. The molecule has 3 aromatic rings. The smallest absolute Gasteiger partial charge is 0.161 e. The molecule has 0 aliphatic rings. The largest absolute Gasteiger partial charge is 0.507 e. The molecule has 0 spiro atoms. The molecule has 0 bridgehead atoms. The fourth-order valence-corrected chi connectivity index (χ4v) is 4.11. The molecule has 34 heavy (non-hydrogen) atoms. The van der Waals surface area contributed by atoms with E-state index in [1.54, 1.807) is 12.1 Å². The summed E-state index contributed by atoms with van der Waals surface area (Å²) in [6, 6.07) is 10.5. The van der Waals surface area contributed by atoms with Crippen LogP contribution in [0, 0.1) is 6.92 Å². The Labute approximate surface area is 202 Å². The minimum Gasteiger partial charge on any atom is -0.507 e. The molecule has 0 heterocycles. The van der Waals surface area contributed by atoms with E-state index in [0.717, 1.165) is 16.7 Å². The summed E-state index contributed by atoms with van der Waals surface area (Å²) in [6.07, 6.45) is 0.451. The topological polar surface area (TPSA) is 101 Å². The second-order valence-corrected chi connectivity index (χ2v) is 11.3. The zero-order chi connectivity index (χ0) is 25.6. The van der Waals surface area contributed by atoms with Crippen molar-refractivity contribution in [2.75, 3.05) is 0 Å².